The van der Waals surface area contributed by atoms with Crippen molar-refractivity contribution in [1.82, 2.24) is 14.3 Å². The molecular formula is C19H21N5S2. The third-order valence-electron chi connectivity index (χ3n) is 4.56. The van der Waals surface area contributed by atoms with Gasteiger partial charge in [-0.1, -0.05) is 12.1 Å². The van der Waals surface area contributed by atoms with Gasteiger partial charge in [-0.2, -0.15) is 4.37 Å². The van der Waals surface area contributed by atoms with Crippen molar-refractivity contribution in [2.45, 2.75) is 13.8 Å². The van der Waals surface area contributed by atoms with Crippen molar-refractivity contribution in [1.29, 1.82) is 0 Å². The van der Waals surface area contributed by atoms with Crippen molar-refractivity contribution in [3.8, 4) is 0 Å². The lowest BCUT2D eigenvalue weighted by molar-refractivity contribution is 0.390. The molecule has 1 aliphatic rings. The zero-order valence-corrected chi connectivity index (χ0v) is 16.5. The molecule has 0 unspecified atom stereocenters. The number of rotatable bonds is 2. The molecule has 3 heterocycles. The number of piperazine rings is 1. The van der Waals surface area contributed by atoms with Crippen LogP contribution in [0.5, 0.6) is 0 Å². The number of anilines is 2. The summed E-state index contributed by atoms with van der Waals surface area (Å²) in [6.07, 6.45) is 0. The van der Waals surface area contributed by atoms with Crippen LogP contribution in [0.3, 0.4) is 0 Å². The van der Waals surface area contributed by atoms with Gasteiger partial charge in [-0.3, -0.25) is 0 Å². The Labute approximate surface area is 162 Å². The number of aryl methyl sites for hydroxylation is 2. The van der Waals surface area contributed by atoms with E-state index in [2.05, 4.69) is 61.7 Å². The normalized spacial score (nSPS) is 14.7. The van der Waals surface area contributed by atoms with Crippen molar-refractivity contribution in [3.63, 3.8) is 0 Å². The quantitative estimate of drug-likeness (QED) is 0.679. The minimum Gasteiger partial charge on any atom is -0.352 e. The molecule has 134 valence electrons. The summed E-state index contributed by atoms with van der Waals surface area (Å²) in [5.41, 5.74) is 2.18. The number of nitrogens with zero attached hydrogens (tertiary/aromatic N) is 4. The Morgan fingerprint density at radius 3 is 2.65 bits per heavy atom. The van der Waals surface area contributed by atoms with E-state index in [1.165, 1.54) is 15.6 Å². The van der Waals surface area contributed by atoms with Crippen LogP contribution >= 0.6 is 23.8 Å². The Kier molecular flexibility index (Phi) is 4.74. The van der Waals surface area contributed by atoms with Crippen molar-refractivity contribution < 1.29 is 0 Å². The first-order valence-electron chi connectivity index (χ1n) is 8.71. The largest absolute Gasteiger partial charge is 0.352 e. The topological polar surface area (TPSA) is 44.3 Å². The lowest BCUT2D eigenvalue weighted by Gasteiger charge is -2.36. The second-order valence-electron chi connectivity index (χ2n) is 6.58. The summed E-state index contributed by atoms with van der Waals surface area (Å²) < 4.78 is 5.91. The number of nitrogens with one attached hydrogen (secondary N) is 1. The van der Waals surface area contributed by atoms with Crippen LogP contribution in [0.1, 0.15) is 11.3 Å². The SMILES string of the molecule is Cc1cc(C)nc(NC(=S)N2CCN(c3nsc4ccccc34)CC2)c1. The van der Waals surface area contributed by atoms with Crippen LogP contribution in [0.25, 0.3) is 10.1 Å². The van der Waals surface area contributed by atoms with Crippen LogP contribution in [0.4, 0.5) is 11.6 Å². The zero-order valence-electron chi connectivity index (χ0n) is 14.9. The second-order valence-corrected chi connectivity index (χ2v) is 7.77. The lowest BCUT2D eigenvalue weighted by atomic mass is 10.2. The molecule has 26 heavy (non-hydrogen) atoms. The van der Waals surface area contributed by atoms with Gasteiger partial charge in [0.25, 0.3) is 0 Å². The van der Waals surface area contributed by atoms with Gasteiger partial charge >= 0.3 is 0 Å². The molecule has 0 atom stereocenters. The Bertz CT molecular complexity index is 924. The number of hydrogen-bond acceptors (Lipinski definition) is 5. The molecule has 7 heteroatoms. The zero-order chi connectivity index (χ0) is 18.1. The van der Waals surface area contributed by atoms with Crippen LogP contribution in [-0.4, -0.2) is 45.5 Å². The number of benzene rings is 1. The van der Waals surface area contributed by atoms with Crippen LogP contribution in [0.15, 0.2) is 36.4 Å². The minimum absolute atomic E-state index is 0.741. The van der Waals surface area contributed by atoms with Gasteiger partial charge in [-0.05, 0) is 67.4 Å². The van der Waals surface area contributed by atoms with E-state index in [1.807, 2.05) is 13.0 Å². The fourth-order valence-corrected chi connectivity index (χ4v) is 4.40. The van der Waals surface area contributed by atoms with E-state index in [0.29, 0.717) is 0 Å². The van der Waals surface area contributed by atoms with Gasteiger partial charge in [-0.15, -0.1) is 0 Å². The molecule has 1 N–H and O–H groups in total. The van der Waals surface area contributed by atoms with Crippen molar-refractivity contribution >= 4 is 50.6 Å². The molecule has 3 aromatic rings. The Balaban J connectivity index is 1.41. The summed E-state index contributed by atoms with van der Waals surface area (Å²) >= 11 is 7.17. The molecule has 1 saturated heterocycles. The third kappa shape index (κ3) is 3.50. The van der Waals surface area contributed by atoms with Crippen LogP contribution in [0.2, 0.25) is 0 Å². The van der Waals surface area contributed by atoms with E-state index >= 15 is 0 Å². The highest BCUT2D eigenvalue weighted by Gasteiger charge is 2.22. The molecule has 0 amide bonds. The number of pyridine rings is 1. The van der Waals surface area contributed by atoms with Crippen molar-refractivity contribution in [3.05, 3.63) is 47.7 Å². The predicted octanol–water partition coefficient (Wildman–Crippen LogP) is 3.83. The first-order valence-corrected chi connectivity index (χ1v) is 9.89. The molecule has 4 rings (SSSR count). The maximum absolute atomic E-state index is 5.60. The molecule has 0 spiro atoms. The number of thiocarbonyl (C=S) groups is 1. The predicted molar refractivity (Wildman–Crippen MR) is 113 cm³/mol. The summed E-state index contributed by atoms with van der Waals surface area (Å²) in [5.74, 6) is 1.92. The molecule has 0 bridgehead atoms. The molecule has 1 fully saturated rings. The van der Waals surface area contributed by atoms with Gasteiger partial charge in [0.2, 0.25) is 0 Å². The van der Waals surface area contributed by atoms with E-state index in [-0.39, 0.29) is 0 Å². The first-order chi connectivity index (χ1) is 12.6. The molecule has 0 saturated carbocycles. The van der Waals surface area contributed by atoms with E-state index in [0.717, 1.165) is 48.6 Å². The Morgan fingerprint density at radius 1 is 1.12 bits per heavy atom. The molecule has 1 aromatic carbocycles. The van der Waals surface area contributed by atoms with Gasteiger partial charge in [0.05, 0.1) is 4.70 Å². The molecule has 0 radical (unpaired) electrons. The van der Waals surface area contributed by atoms with Crippen LogP contribution in [-0.2, 0) is 0 Å². The number of hydrogen-bond donors (Lipinski definition) is 1. The monoisotopic (exact) mass is 383 g/mol. The van der Waals surface area contributed by atoms with E-state index in [4.69, 9.17) is 12.2 Å². The highest BCUT2D eigenvalue weighted by atomic mass is 32.1. The second kappa shape index (κ2) is 7.17. The number of aromatic nitrogens is 2. The summed E-state index contributed by atoms with van der Waals surface area (Å²) in [6.45, 7) is 7.65. The van der Waals surface area contributed by atoms with E-state index in [1.54, 1.807) is 11.5 Å². The van der Waals surface area contributed by atoms with E-state index < -0.39 is 0 Å². The highest BCUT2D eigenvalue weighted by molar-refractivity contribution is 7.80. The maximum Gasteiger partial charge on any atom is 0.174 e. The summed E-state index contributed by atoms with van der Waals surface area (Å²) in [4.78, 5) is 9.08. The standard InChI is InChI=1S/C19H21N5S2/c1-13-11-14(2)20-17(12-13)21-19(25)24-9-7-23(8-10-24)18-15-5-3-4-6-16(15)26-22-18/h3-6,11-12H,7-10H2,1-2H3,(H,20,21,25). The third-order valence-corrected chi connectivity index (χ3v) is 5.73. The first kappa shape index (κ1) is 17.2. The highest BCUT2D eigenvalue weighted by Crippen LogP contribution is 2.29. The van der Waals surface area contributed by atoms with Crippen LogP contribution in [0, 0.1) is 13.8 Å². The summed E-state index contributed by atoms with van der Waals surface area (Å²) in [6, 6.07) is 12.5. The fourth-order valence-electron chi connectivity index (χ4n) is 3.32. The van der Waals surface area contributed by atoms with Crippen molar-refractivity contribution in [2.24, 2.45) is 0 Å². The van der Waals surface area contributed by atoms with Crippen molar-refractivity contribution in [2.75, 3.05) is 36.4 Å². The van der Waals surface area contributed by atoms with Crippen LogP contribution < -0.4 is 10.2 Å². The lowest BCUT2D eigenvalue weighted by Crippen LogP contribution is -2.50. The van der Waals surface area contributed by atoms with Gasteiger partial charge < -0.3 is 15.1 Å². The smallest absolute Gasteiger partial charge is 0.174 e. The Morgan fingerprint density at radius 2 is 1.88 bits per heavy atom. The fraction of sp³-hybridized carbons (Fsp3) is 0.316. The molecular weight excluding hydrogens is 362 g/mol. The van der Waals surface area contributed by atoms with Gasteiger partial charge in [0, 0.05) is 37.3 Å². The number of fused-ring (bicyclic) bond motifs is 1. The van der Waals surface area contributed by atoms with Gasteiger partial charge in [-0.25, -0.2) is 4.98 Å². The van der Waals surface area contributed by atoms with Gasteiger partial charge in [0.1, 0.15) is 11.6 Å². The minimum atomic E-state index is 0.741. The summed E-state index contributed by atoms with van der Waals surface area (Å²) in [7, 11) is 0. The van der Waals surface area contributed by atoms with E-state index in [9.17, 15) is 0 Å². The molecule has 1 aliphatic heterocycles. The average Bonchev–Trinajstić information content (AvgIpc) is 3.05. The molecule has 2 aromatic heterocycles. The maximum atomic E-state index is 5.60. The van der Waals surface area contributed by atoms with Gasteiger partial charge in [0.15, 0.2) is 5.11 Å². The average molecular weight is 384 g/mol. The molecule has 5 nitrogen and oxygen atoms in total. The Hall–Kier alpha value is -2.25. The molecule has 0 aliphatic carbocycles. The summed E-state index contributed by atoms with van der Waals surface area (Å²) in [5, 5.41) is 5.27.